The molecule has 1 aliphatic rings. The molecule has 1 saturated heterocycles. The lowest BCUT2D eigenvalue weighted by Crippen LogP contribution is -2.46. The Balaban J connectivity index is 2.14. The van der Waals surface area contributed by atoms with Crippen LogP contribution in [-0.4, -0.2) is 42.1 Å². The van der Waals surface area contributed by atoms with E-state index in [1.54, 1.807) is 18.7 Å². The monoisotopic (exact) mass is 237 g/mol. The summed E-state index contributed by atoms with van der Waals surface area (Å²) in [4.78, 5) is 14.1. The molecule has 2 heterocycles. The molecule has 94 valence electrons. The average molecular weight is 237 g/mol. The lowest BCUT2D eigenvalue weighted by molar-refractivity contribution is 0.0706. The lowest BCUT2D eigenvalue weighted by Gasteiger charge is -2.31. The fourth-order valence-electron chi connectivity index (χ4n) is 2.29. The van der Waals surface area contributed by atoms with E-state index in [9.17, 15) is 4.79 Å². The van der Waals surface area contributed by atoms with Crippen molar-refractivity contribution in [2.45, 2.75) is 32.7 Å². The molecular weight excluding hydrogens is 218 g/mol. The van der Waals surface area contributed by atoms with E-state index in [2.05, 4.69) is 10.5 Å². The first-order valence-corrected chi connectivity index (χ1v) is 6.02. The molecule has 1 aromatic heterocycles. The number of carbonyl (C=O) groups excluding carboxylic acids is 1. The van der Waals surface area contributed by atoms with Crippen LogP contribution in [0.4, 0.5) is 0 Å². The molecule has 0 radical (unpaired) electrons. The molecular formula is C12H19N3O2. The van der Waals surface area contributed by atoms with Gasteiger partial charge < -0.3 is 14.7 Å². The molecule has 0 spiro atoms. The van der Waals surface area contributed by atoms with Crippen LogP contribution in [0.2, 0.25) is 0 Å². The van der Waals surface area contributed by atoms with E-state index >= 15 is 0 Å². The Bertz CT molecular complexity index is 388. The van der Waals surface area contributed by atoms with Crippen molar-refractivity contribution in [3.63, 3.8) is 0 Å². The minimum atomic E-state index is 0.00921. The molecule has 1 unspecified atom stereocenters. The van der Waals surface area contributed by atoms with Gasteiger partial charge >= 0.3 is 0 Å². The predicted molar refractivity (Wildman–Crippen MR) is 64.0 cm³/mol. The largest absolute Gasteiger partial charge is 0.361 e. The molecule has 0 aromatic carbocycles. The van der Waals surface area contributed by atoms with Crippen LogP contribution >= 0.6 is 0 Å². The number of likely N-dealkylation sites (N-methyl/N-ethyl adjacent to an activating group) is 1. The third-order valence-electron chi connectivity index (χ3n) is 3.39. The van der Waals surface area contributed by atoms with Gasteiger partial charge in [0.1, 0.15) is 11.3 Å². The summed E-state index contributed by atoms with van der Waals surface area (Å²) in [5.41, 5.74) is 1.28. The predicted octanol–water partition coefficient (Wildman–Crippen LogP) is 1.12. The van der Waals surface area contributed by atoms with Gasteiger partial charge in [-0.2, -0.15) is 0 Å². The number of hydrogen-bond acceptors (Lipinski definition) is 4. The van der Waals surface area contributed by atoms with Crippen molar-refractivity contribution in [3.05, 3.63) is 17.0 Å². The molecule has 1 atom stereocenters. The molecule has 5 heteroatoms. The van der Waals surface area contributed by atoms with Crippen LogP contribution in [0.25, 0.3) is 0 Å². The number of rotatable bonds is 2. The summed E-state index contributed by atoms with van der Waals surface area (Å²) < 4.78 is 5.04. The van der Waals surface area contributed by atoms with Gasteiger partial charge in [-0.3, -0.25) is 4.79 Å². The maximum Gasteiger partial charge on any atom is 0.259 e. The van der Waals surface area contributed by atoms with Crippen LogP contribution < -0.4 is 5.32 Å². The molecule has 1 amide bonds. The van der Waals surface area contributed by atoms with E-state index in [0.717, 1.165) is 25.9 Å². The Labute approximate surface area is 101 Å². The Morgan fingerprint density at radius 2 is 2.29 bits per heavy atom. The van der Waals surface area contributed by atoms with Crippen molar-refractivity contribution < 1.29 is 9.32 Å². The summed E-state index contributed by atoms with van der Waals surface area (Å²) in [5, 5.41) is 7.14. The van der Waals surface area contributed by atoms with E-state index in [1.807, 2.05) is 7.05 Å². The number of aryl methyl sites for hydroxylation is 2. The molecule has 2 rings (SSSR count). The zero-order valence-corrected chi connectivity index (χ0v) is 10.6. The highest BCUT2D eigenvalue weighted by Gasteiger charge is 2.26. The topological polar surface area (TPSA) is 58.4 Å². The molecule has 1 aromatic rings. The summed E-state index contributed by atoms with van der Waals surface area (Å²) in [7, 11) is 1.85. The second-order valence-corrected chi connectivity index (χ2v) is 4.62. The van der Waals surface area contributed by atoms with Crippen molar-refractivity contribution in [2.75, 3.05) is 20.1 Å². The second-order valence-electron chi connectivity index (χ2n) is 4.62. The average Bonchev–Trinajstić information content (AvgIpc) is 2.68. The minimum absolute atomic E-state index is 0.00921. The highest BCUT2D eigenvalue weighted by Crippen LogP contribution is 2.17. The van der Waals surface area contributed by atoms with E-state index in [1.165, 1.54) is 0 Å². The summed E-state index contributed by atoms with van der Waals surface area (Å²) in [6, 6.07) is 0.268. The smallest absolute Gasteiger partial charge is 0.259 e. The Morgan fingerprint density at radius 1 is 1.53 bits per heavy atom. The maximum atomic E-state index is 12.3. The number of nitrogens with one attached hydrogen (secondary N) is 1. The van der Waals surface area contributed by atoms with Gasteiger partial charge in [-0.1, -0.05) is 5.16 Å². The molecule has 1 N–H and O–H groups in total. The van der Waals surface area contributed by atoms with Gasteiger partial charge in [-0.05, 0) is 33.2 Å². The van der Waals surface area contributed by atoms with Crippen molar-refractivity contribution >= 4 is 5.91 Å². The molecule has 5 nitrogen and oxygen atoms in total. The number of amides is 1. The first-order valence-electron chi connectivity index (χ1n) is 6.02. The zero-order valence-electron chi connectivity index (χ0n) is 10.6. The van der Waals surface area contributed by atoms with E-state index < -0.39 is 0 Å². The number of hydrogen-bond donors (Lipinski definition) is 1. The van der Waals surface area contributed by atoms with Crippen molar-refractivity contribution in [3.8, 4) is 0 Å². The number of nitrogens with zero attached hydrogens (tertiary/aromatic N) is 2. The van der Waals surface area contributed by atoms with Crippen LogP contribution in [0.5, 0.6) is 0 Å². The molecule has 0 aliphatic carbocycles. The molecule has 1 fully saturated rings. The highest BCUT2D eigenvalue weighted by molar-refractivity contribution is 5.96. The van der Waals surface area contributed by atoms with Crippen molar-refractivity contribution in [1.82, 2.24) is 15.4 Å². The normalized spacial score (nSPS) is 20.3. The summed E-state index contributed by atoms with van der Waals surface area (Å²) >= 11 is 0. The summed E-state index contributed by atoms with van der Waals surface area (Å²) in [5.74, 6) is 0.609. The van der Waals surface area contributed by atoms with E-state index in [-0.39, 0.29) is 11.9 Å². The van der Waals surface area contributed by atoms with Gasteiger partial charge in [-0.25, -0.2) is 0 Å². The van der Waals surface area contributed by atoms with Crippen LogP contribution in [-0.2, 0) is 0 Å². The fourth-order valence-corrected chi connectivity index (χ4v) is 2.29. The number of aromatic nitrogens is 1. The number of carbonyl (C=O) groups is 1. The van der Waals surface area contributed by atoms with E-state index in [0.29, 0.717) is 17.0 Å². The molecule has 1 aliphatic heterocycles. The second kappa shape index (κ2) is 4.87. The van der Waals surface area contributed by atoms with Crippen LogP contribution in [0.15, 0.2) is 4.52 Å². The molecule has 17 heavy (non-hydrogen) atoms. The SMILES string of the molecule is Cc1noc(C)c1C(=O)N(C)C1CCCNC1. The van der Waals surface area contributed by atoms with E-state index in [4.69, 9.17) is 4.52 Å². The maximum absolute atomic E-state index is 12.3. The molecule has 0 saturated carbocycles. The van der Waals surface area contributed by atoms with Crippen molar-refractivity contribution in [1.29, 1.82) is 0 Å². The summed E-state index contributed by atoms with van der Waals surface area (Å²) in [6.45, 7) is 5.49. The number of piperidine rings is 1. The van der Waals surface area contributed by atoms with Gasteiger partial charge in [0.2, 0.25) is 0 Å². The van der Waals surface area contributed by atoms with Crippen LogP contribution in [0.1, 0.15) is 34.7 Å². The van der Waals surface area contributed by atoms with Gasteiger partial charge in [0.25, 0.3) is 5.91 Å². The Hall–Kier alpha value is -1.36. The van der Waals surface area contributed by atoms with Gasteiger partial charge in [-0.15, -0.1) is 0 Å². The first kappa shape index (κ1) is 12.1. The Morgan fingerprint density at radius 3 is 2.82 bits per heavy atom. The van der Waals surface area contributed by atoms with Crippen molar-refractivity contribution in [2.24, 2.45) is 0 Å². The van der Waals surface area contributed by atoms with Crippen LogP contribution in [0.3, 0.4) is 0 Å². The lowest BCUT2D eigenvalue weighted by atomic mass is 10.0. The third-order valence-corrected chi connectivity index (χ3v) is 3.39. The standard InChI is InChI=1S/C12H19N3O2/c1-8-11(9(2)17-14-8)12(16)15(3)10-5-4-6-13-7-10/h10,13H,4-7H2,1-3H3. The first-order chi connectivity index (χ1) is 8.11. The van der Waals surface area contributed by atoms with Crippen LogP contribution in [0, 0.1) is 13.8 Å². The van der Waals surface area contributed by atoms with Gasteiger partial charge in [0.05, 0.1) is 5.69 Å². The fraction of sp³-hybridized carbons (Fsp3) is 0.667. The Kier molecular flexibility index (Phi) is 3.47. The van der Waals surface area contributed by atoms with Gasteiger partial charge in [0, 0.05) is 19.6 Å². The summed E-state index contributed by atoms with van der Waals surface area (Å²) in [6.07, 6.45) is 2.17. The zero-order chi connectivity index (χ0) is 12.4. The third kappa shape index (κ3) is 2.34. The molecule has 0 bridgehead atoms. The quantitative estimate of drug-likeness (QED) is 0.837. The minimum Gasteiger partial charge on any atom is -0.361 e. The van der Waals surface area contributed by atoms with Gasteiger partial charge in [0.15, 0.2) is 0 Å². The highest BCUT2D eigenvalue weighted by atomic mass is 16.5.